The van der Waals surface area contributed by atoms with E-state index >= 15 is 0 Å². The third kappa shape index (κ3) is 8.77. The highest BCUT2D eigenvalue weighted by Crippen LogP contribution is 2.23. The maximum atomic E-state index is 13.2. The molecule has 2 aliphatic heterocycles. The first-order valence-electron chi connectivity index (χ1n) is 11.0. The minimum absolute atomic E-state index is 0.0800. The Hall–Kier alpha value is -2.46. The van der Waals surface area contributed by atoms with Crippen molar-refractivity contribution >= 4 is 45.3 Å². The maximum Gasteiger partial charge on any atom is 0.306 e. The lowest BCUT2D eigenvalue weighted by atomic mass is 10.0. The van der Waals surface area contributed by atoms with Gasteiger partial charge in [-0.25, -0.2) is 0 Å². The van der Waals surface area contributed by atoms with Crippen LogP contribution in [0, 0.1) is 0 Å². The quantitative estimate of drug-likeness (QED) is 0.328. The number of allylic oxidation sites excluding steroid dienone is 1. The van der Waals surface area contributed by atoms with Crippen LogP contribution in [0.4, 0.5) is 0 Å². The van der Waals surface area contributed by atoms with Crippen LogP contribution < -0.4 is 16.0 Å². The van der Waals surface area contributed by atoms with Crippen molar-refractivity contribution in [2.24, 2.45) is 0 Å². The van der Waals surface area contributed by atoms with Gasteiger partial charge in [0.05, 0.1) is 6.42 Å². The first-order chi connectivity index (χ1) is 16.0. The minimum atomic E-state index is -0.872. The molecular formula is C23H29N3O5S2. The molecule has 2 bridgehead atoms. The van der Waals surface area contributed by atoms with Crippen molar-refractivity contribution in [1.29, 1.82) is 0 Å². The Kier molecular flexibility index (Phi) is 10.1. The molecule has 3 N–H and O–H groups in total. The van der Waals surface area contributed by atoms with E-state index in [4.69, 9.17) is 4.74 Å². The lowest BCUT2D eigenvalue weighted by Crippen LogP contribution is -2.55. The average Bonchev–Trinajstić information content (AvgIpc) is 2.79. The normalized spacial score (nSPS) is 27.0. The molecule has 33 heavy (non-hydrogen) atoms. The SMILES string of the molecule is O=C1CC2/C=C/CCSSCC(NC(=O)C(Cc3ccccc3)N1)C(=O)NCCCC(=O)O2. The number of ether oxygens (including phenoxy) is 1. The summed E-state index contributed by atoms with van der Waals surface area (Å²) in [6.07, 6.45) is 4.39. The van der Waals surface area contributed by atoms with E-state index in [0.717, 1.165) is 17.7 Å². The summed E-state index contributed by atoms with van der Waals surface area (Å²) in [6, 6.07) is 7.73. The zero-order valence-corrected chi connectivity index (χ0v) is 19.9. The van der Waals surface area contributed by atoms with Crippen molar-refractivity contribution in [1.82, 2.24) is 16.0 Å². The van der Waals surface area contributed by atoms with E-state index in [-0.39, 0.29) is 25.2 Å². The molecule has 3 rings (SSSR count). The lowest BCUT2D eigenvalue weighted by Gasteiger charge is -2.23. The Morgan fingerprint density at radius 2 is 1.82 bits per heavy atom. The molecule has 1 fully saturated rings. The lowest BCUT2D eigenvalue weighted by molar-refractivity contribution is -0.148. The number of benzene rings is 1. The number of amides is 3. The molecule has 1 aromatic carbocycles. The van der Waals surface area contributed by atoms with Gasteiger partial charge in [-0.1, -0.05) is 58.0 Å². The fourth-order valence-corrected chi connectivity index (χ4v) is 5.59. The molecule has 0 aromatic heterocycles. The molecule has 3 amide bonds. The van der Waals surface area contributed by atoms with Gasteiger partial charge in [0.15, 0.2) is 0 Å². The van der Waals surface area contributed by atoms with Crippen LogP contribution in [0.1, 0.15) is 31.2 Å². The van der Waals surface area contributed by atoms with Gasteiger partial charge in [0.2, 0.25) is 17.7 Å². The Balaban J connectivity index is 1.89. The van der Waals surface area contributed by atoms with Crippen molar-refractivity contribution in [3.8, 4) is 0 Å². The van der Waals surface area contributed by atoms with E-state index in [1.165, 1.54) is 10.8 Å². The Morgan fingerprint density at radius 3 is 2.64 bits per heavy atom. The number of hydrogen-bond donors (Lipinski definition) is 3. The van der Waals surface area contributed by atoms with Gasteiger partial charge in [-0.15, -0.1) is 0 Å². The second-order valence-corrected chi connectivity index (χ2v) is 10.4. The minimum Gasteiger partial charge on any atom is -0.458 e. The standard InChI is InChI=1S/C23H29N3O5S2/c27-20-14-17-9-4-5-12-32-33-15-19(22(29)24-11-6-10-21(28)31-17)26-23(30)18(25-20)13-16-7-2-1-3-8-16/h1-4,7-9,17-19H,5-6,10-15H2,(H,24,29)(H,25,27)(H,26,30)/b9-4+. The predicted molar refractivity (Wildman–Crippen MR) is 129 cm³/mol. The first-order valence-corrected chi connectivity index (χ1v) is 13.5. The summed E-state index contributed by atoms with van der Waals surface area (Å²) >= 11 is 0. The Labute approximate surface area is 201 Å². The van der Waals surface area contributed by atoms with E-state index < -0.39 is 36.0 Å². The molecule has 8 nitrogen and oxygen atoms in total. The van der Waals surface area contributed by atoms with Crippen LogP contribution in [0.2, 0.25) is 0 Å². The smallest absolute Gasteiger partial charge is 0.306 e. The van der Waals surface area contributed by atoms with Gasteiger partial charge in [0.25, 0.3) is 0 Å². The predicted octanol–water partition coefficient (Wildman–Crippen LogP) is 1.75. The molecule has 1 aromatic rings. The number of fused-ring (bicyclic) bond motifs is 7. The zero-order valence-electron chi connectivity index (χ0n) is 18.3. The molecule has 3 atom stereocenters. The van der Waals surface area contributed by atoms with Crippen LogP contribution >= 0.6 is 21.6 Å². The highest BCUT2D eigenvalue weighted by atomic mass is 33.1. The van der Waals surface area contributed by atoms with Gasteiger partial charge < -0.3 is 20.7 Å². The molecule has 1 saturated heterocycles. The molecule has 0 aliphatic carbocycles. The van der Waals surface area contributed by atoms with E-state index in [9.17, 15) is 19.2 Å². The van der Waals surface area contributed by atoms with Crippen molar-refractivity contribution in [2.75, 3.05) is 18.1 Å². The number of carbonyl (C=O) groups excluding carboxylic acids is 4. The molecule has 2 aliphatic rings. The third-order valence-corrected chi connectivity index (χ3v) is 7.58. The zero-order chi connectivity index (χ0) is 23.5. The van der Waals surface area contributed by atoms with E-state index in [2.05, 4.69) is 16.0 Å². The van der Waals surface area contributed by atoms with Gasteiger partial charge in [-0.3, -0.25) is 19.2 Å². The van der Waals surface area contributed by atoms with Gasteiger partial charge in [0, 0.05) is 30.9 Å². The monoisotopic (exact) mass is 491 g/mol. The maximum absolute atomic E-state index is 13.2. The molecule has 0 saturated carbocycles. The molecule has 0 radical (unpaired) electrons. The summed E-state index contributed by atoms with van der Waals surface area (Å²) in [5.41, 5.74) is 0.877. The molecular weight excluding hydrogens is 462 g/mol. The molecule has 10 heteroatoms. The highest BCUT2D eigenvalue weighted by molar-refractivity contribution is 8.76. The average molecular weight is 492 g/mol. The molecule has 178 valence electrons. The van der Waals surface area contributed by atoms with Crippen molar-refractivity contribution in [2.45, 2.75) is 50.3 Å². The number of hydrogen-bond acceptors (Lipinski definition) is 7. The largest absolute Gasteiger partial charge is 0.458 e. The van der Waals surface area contributed by atoms with Gasteiger partial charge >= 0.3 is 5.97 Å². The summed E-state index contributed by atoms with van der Waals surface area (Å²) in [5.74, 6) is -0.385. The van der Waals surface area contributed by atoms with Crippen molar-refractivity contribution in [3.63, 3.8) is 0 Å². The van der Waals surface area contributed by atoms with Crippen LogP contribution in [0.3, 0.4) is 0 Å². The van der Waals surface area contributed by atoms with Crippen LogP contribution in [0.15, 0.2) is 42.5 Å². The fraction of sp³-hybridized carbons (Fsp3) is 0.478. The summed E-state index contributed by atoms with van der Waals surface area (Å²) in [5, 5.41) is 8.40. The summed E-state index contributed by atoms with van der Waals surface area (Å²) in [6.45, 7) is 0.295. The Bertz CT molecular complexity index is 865. The third-order valence-electron chi connectivity index (χ3n) is 5.13. The first kappa shape index (κ1) is 25.2. The van der Waals surface area contributed by atoms with Crippen molar-refractivity contribution in [3.05, 3.63) is 48.0 Å². The van der Waals surface area contributed by atoms with Crippen LogP contribution in [-0.2, 0) is 30.3 Å². The van der Waals surface area contributed by atoms with E-state index in [0.29, 0.717) is 18.7 Å². The second kappa shape index (κ2) is 13.3. The second-order valence-electron chi connectivity index (χ2n) is 7.82. The highest BCUT2D eigenvalue weighted by Gasteiger charge is 2.28. The summed E-state index contributed by atoms with van der Waals surface area (Å²) < 4.78 is 5.51. The van der Waals surface area contributed by atoms with Gasteiger partial charge in [-0.05, 0) is 24.5 Å². The number of nitrogens with one attached hydrogen (secondary N) is 3. The van der Waals surface area contributed by atoms with Crippen LogP contribution in [0.5, 0.6) is 0 Å². The van der Waals surface area contributed by atoms with E-state index in [1.807, 2.05) is 36.4 Å². The fourth-order valence-electron chi connectivity index (χ4n) is 3.43. The molecule has 3 unspecified atom stereocenters. The molecule has 0 spiro atoms. The van der Waals surface area contributed by atoms with Crippen LogP contribution in [-0.4, -0.2) is 59.9 Å². The number of esters is 1. The van der Waals surface area contributed by atoms with Crippen LogP contribution in [0.25, 0.3) is 0 Å². The van der Waals surface area contributed by atoms with Crippen molar-refractivity contribution < 1.29 is 23.9 Å². The van der Waals surface area contributed by atoms with Gasteiger partial charge in [0.1, 0.15) is 18.2 Å². The number of rotatable bonds is 2. The number of carbonyl (C=O) groups is 4. The topological polar surface area (TPSA) is 114 Å². The molecule has 2 heterocycles. The van der Waals surface area contributed by atoms with E-state index in [1.54, 1.807) is 16.9 Å². The Morgan fingerprint density at radius 1 is 1.00 bits per heavy atom. The summed E-state index contributed by atoms with van der Waals surface area (Å²) in [4.78, 5) is 51.1. The van der Waals surface area contributed by atoms with Gasteiger partial charge in [-0.2, -0.15) is 0 Å². The summed E-state index contributed by atoms with van der Waals surface area (Å²) in [7, 11) is 3.12.